The molecule has 5 heteroatoms. The van der Waals surface area contributed by atoms with E-state index in [-0.39, 0.29) is 0 Å². The lowest BCUT2D eigenvalue weighted by molar-refractivity contribution is 0.414. The Balaban J connectivity index is 2.06. The Hall–Kier alpha value is -1.49. The first-order valence-electron chi connectivity index (χ1n) is 5.71. The molecule has 1 aromatic heterocycles. The number of rotatable bonds is 4. The van der Waals surface area contributed by atoms with Crippen LogP contribution in [0.5, 0.6) is 5.75 Å². The van der Waals surface area contributed by atoms with Crippen LogP contribution in [0.3, 0.4) is 0 Å². The number of hydrogen-bond acceptors (Lipinski definition) is 3. The molecule has 0 unspecified atom stereocenters. The first-order chi connectivity index (χ1) is 8.61. The van der Waals surface area contributed by atoms with E-state index >= 15 is 0 Å². The highest BCUT2D eigenvalue weighted by atomic mass is 79.9. The summed E-state index contributed by atoms with van der Waals surface area (Å²) in [5.74, 6) is 1.41. The number of halogens is 1. The Morgan fingerprint density at radius 3 is 2.44 bits per heavy atom. The van der Waals surface area contributed by atoms with Gasteiger partial charge in [0.25, 0.3) is 0 Å². The molecule has 1 aromatic carbocycles. The number of nitrogens with zero attached hydrogens (tertiary/aromatic N) is 2. The normalized spacial score (nSPS) is 10.6. The number of aromatic nitrogens is 2. The molecule has 96 valence electrons. The number of imidazole rings is 1. The third-order valence-corrected chi connectivity index (χ3v) is 3.64. The van der Waals surface area contributed by atoms with Gasteiger partial charge in [-0.05, 0) is 46.5 Å². The Labute approximate surface area is 115 Å². The maximum Gasteiger partial charge on any atom is 0.201 e. The molecule has 0 aliphatic rings. The molecule has 0 spiro atoms. The van der Waals surface area contributed by atoms with Crippen LogP contribution in [0.1, 0.15) is 11.3 Å². The zero-order valence-electron chi connectivity index (χ0n) is 10.5. The monoisotopic (exact) mass is 309 g/mol. The number of aryl methyl sites for hydroxylation is 1. The molecule has 4 nitrogen and oxygen atoms in total. The summed E-state index contributed by atoms with van der Waals surface area (Å²) in [6.45, 7) is 0. The lowest BCUT2D eigenvalue weighted by Crippen LogP contribution is -2.03. The maximum absolute atomic E-state index is 5.75. The molecule has 18 heavy (non-hydrogen) atoms. The van der Waals surface area contributed by atoms with Gasteiger partial charge < -0.3 is 15.0 Å². The number of hydrogen-bond donors (Lipinski definition) is 1. The van der Waals surface area contributed by atoms with E-state index in [9.17, 15) is 0 Å². The number of benzene rings is 1. The Morgan fingerprint density at radius 2 is 1.94 bits per heavy atom. The van der Waals surface area contributed by atoms with Gasteiger partial charge in [0.1, 0.15) is 10.4 Å². The number of ether oxygens (including phenoxy) is 1. The molecule has 2 N–H and O–H groups in total. The van der Waals surface area contributed by atoms with Crippen molar-refractivity contribution in [1.29, 1.82) is 0 Å². The fourth-order valence-corrected chi connectivity index (χ4v) is 2.49. The van der Waals surface area contributed by atoms with Gasteiger partial charge in [0.2, 0.25) is 5.95 Å². The first-order valence-corrected chi connectivity index (χ1v) is 6.50. The van der Waals surface area contributed by atoms with E-state index in [1.807, 2.05) is 23.7 Å². The van der Waals surface area contributed by atoms with Crippen LogP contribution < -0.4 is 10.5 Å². The molecule has 0 saturated carbocycles. The van der Waals surface area contributed by atoms with Gasteiger partial charge in [0, 0.05) is 7.05 Å². The molecule has 0 saturated heterocycles. The molecule has 0 radical (unpaired) electrons. The van der Waals surface area contributed by atoms with Crippen molar-refractivity contribution >= 4 is 21.9 Å². The number of anilines is 1. The van der Waals surface area contributed by atoms with E-state index < -0.39 is 0 Å². The van der Waals surface area contributed by atoms with E-state index in [1.165, 1.54) is 5.56 Å². The average Bonchev–Trinajstić information content (AvgIpc) is 2.62. The molecule has 0 fully saturated rings. The maximum atomic E-state index is 5.75. The van der Waals surface area contributed by atoms with Crippen molar-refractivity contribution in [2.45, 2.75) is 12.8 Å². The zero-order valence-corrected chi connectivity index (χ0v) is 12.1. The molecule has 0 aliphatic carbocycles. The van der Waals surface area contributed by atoms with Gasteiger partial charge in [-0.25, -0.2) is 4.98 Å². The van der Waals surface area contributed by atoms with E-state index in [0.717, 1.165) is 28.9 Å². The van der Waals surface area contributed by atoms with Crippen LogP contribution in [-0.2, 0) is 19.9 Å². The Morgan fingerprint density at radius 1 is 1.28 bits per heavy atom. The number of nitrogen functional groups attached to an aromatic ring is 1. The summed E-state index contributed by atoms with van der Waals surface area (Å²) in [6.07, 6.45) is 1.84. The van der Waals surface area contributed by atoms with E-state index in [1.54, 1.807) is 7.11 Å². The lowest BCUT2D eigenvalue weighted by Gasteiger charge is -2.05. The van der Waals surface area contributed by atoms with E-state index in [4.69, 9.17) is 10.5 Å². The minimum absolute atomic E-state index is 0.534. The van der Waals surface area contributed by atoms with Crippen LogP contribution in [0.15, 0.2) is 28.9 Å². The largest absolute Gasteiger partial charge is 0.497 e. The quantitative estimate of drug-likeness (QED) is 0.944. The van der Waals surface area contributed by atoms with Gasteiger partial charge in [-0.2, -0.15) is 0 Å². The third kappa shape index (κ3) is 2.67. The van der Waals surface area contributed by atoms with Crippen molar-refractivity contribution in [2.24, 2.45) is 7.05 Å². The van der Waals surface area contributed by atoms with Gasteiger partial charge in [-0.1, -0.05) is 12.1 Å². The summed E-state index contributed by atoms with van der Waals surface area (Å²) in [5.41, 5.74) is 8.13. The fourth-order valence-electron chi connectivity index (χ4n) is 1.84. The molecule has 1 heterocycles. The van der Waals surface area contributed by atoms with Crippen molar-refractivity contribution in [2.75, 3.05) is 12.8 Å². The smallest absolute Gasteiger partial charge is 0.201 e. The molecule has 0 atom stereocenters. The molecule has 2 rings (SSSR count). The standard InChI is InChI=1S/C13H16BrN3O/c1-17-11(12(14)16-13(17)15)8-5-9-3-6-10(18-2)7-4-9/h3-4,6-7H,5,8H2,1-2H3,(H2,15,16). The van der Waals surface area contributed by atoms with Crippen molar-refractivity contribution in [3.8, 4) is 5.75 Å². The van der Waals surface area contributed by atoms with Gasteiger partial charge in [0.15, 0.2) is 0 Å². The lowest BCUT2D eigenvalue weighted by atomic mass is 10.1. The van der Waals surface area contributed by atoms with Crippen LogP contribution in [-0.4, -0.2) is 16.7 Å². The first kappa shape index (κ1) is 13.0. The van der Waals surface area contributed by atoms with E-state index in [0.29, 0.717) is 5.95 Å². The van der Waals surface area contributed by atoms with E-state index in [2.05, 4.69) is 33.0 Å². The summed E-state index contributed by atoms with van der Waals surface area (Å²) in [5, 5.41) is 0. The van der Waals surface area contributed by atoms with Crippen molar-refractivity contribution < 1.29 is 4.74 Å². The Bertz CT molecular complexity index is 534. The van der Waals surface area contributed by atoms with Crippen LogP contribution in [0.25, 0.3) is 0 Å². The molecular formula is C13H16BrN3O. The fraction of sp³-hybridized carbons (Fsp3) is 0.308. The average molecular weight is 310 g/mol. The summed E-state index contributed by atoms with van der Waals surface area (Å²) in [4.78, 5) is 4.19. The second-order valence-electron chi connectivity index (χ2n) is 4.11. The molecule has 0 amide bonds. The molecular weight excluding hydrogens is 294 g/mol. The predicted molar refractivity (Wildman–Crippen MR) is 75.7 cm³/mol. The molecule has 2 aromatic rings. The molecule has 0 aliphatic heterocycles. The summed E-state index contributed by atoms with van der Waals surface area (Å²) in [7, 11) is 3.60. The van der Waals surface area contributed by atoms with Gasteiger partial charge in [-0.15, -0.1) is 0 Å². The van der Waals surface area contributed by atoms with Crippen molar-refractivity contribution in [3.05, 3.63) is 40.1 Å². The van der Waals surface area contributed by atoms with Crippen molar-refractivity contribution in [3.63, 3.8) is 0 Å². The number of nitrogens with two attached hydrogens (primary N) is 1. The zero-order chi connectivity index (χ0) is 13.1. The SMILES string of the molecule is COc1ccc(CCc2c(Br)nc(N)n2C)cc1. The summed E-state index contributed by atoms with van der Waals surface area (Å²) >= 11 is 3.43. The second kappa shape index (κ2) is 5.44. The van der Waals surface area contributed by atoms with Gasteiger partial charge >= 0.3 is 0 Å². The van der Waals surface area contributed by atoms with Crippen LogP contribution >= 0.6 is 15.9 Å². The van der Waals surface area contributed by atoms with Gasteiger partial charge in [0.05, 0.1) is 12.8 Å². The summed E-state index contributed by atoms with van der Waals surface area (Å²) in [6, 6.07) is 8.10. The molecule has 0 bridgehead atoms. The highest BCUT2D eigenvalue weighted by Crippen LogP contribution is 2.20. The van der Waals surface area contributed by atoms with Crippen LogP contribution in [0.2, 0.25) is 0 Å². The third-order valence-electron chi connectivity index (χ3n) is 3.01. The second-order valence-corrected chi connectivity index (χ2v) is 4.87. The van der Waals surface area contributed by atoms with Crippen molar-refractivity contribution in [1.82, 2.24) is 9.55 Å². The minimum Gasteiger partial charge on any atom is -0.497 e. The number of methoxy groups -OCH3 is 1. The highest BCUT2D eigenvalue weighted by Gasteiger charge is 2.10. The topological polar surface area (TPSA) is 53.1 Å². The minimum atomic E-state index is 0.534. The van der Waals surface area contributed by atoms with Crippen LogP contribution in [0.4, 0.5) is 5.95 Å². The summed E-state index contributed by atoms with van der Waals surface area (Å²) < 4.78 is 7.88. The highest BCUT2D eigenvalue weighted by molar-refractivity contribution is 9.10. The Kier molecular flexibility index (Phi) is 3.91. The van der Waals surface area contributed by atoms with Gasteiger partial charge in [-0.3, -0.25) is 0 Å². The van der Waals surface area contributed by atoms with Crippen LogP contribution in [0, 0.1) is 0 Å². The predicted octanol–water partition coefficient (Wildman–Crippen LogP) is 2.56.